The number of Topliss-reactive ketones (excluding diaryl/α,β-unsaturated/α-hetero) is 1. The Kier molecular flexibility index (Phi) is 18.1. The molecule has 0 rings (SSSR count). The molecule has 1 nitrogen and oxygen atoms in total. The van der Waals surface area contributed by atoms with Crippen molar-refractivity contribution in [1.82, 2.24) is 0 Å². The molecule has 0 saturated heterocycles. The van der Waals surface area contributed by atoms with E-state index < -0.39 is 0 Å². The van der Waals surface area contributed by atoms with Crippen LogP contribution in [0.5, 0.6) is 0 Å². The third-order valence-electron chi connectivity index (χ3n) is 5.07. The molecule has 0 aromatic heterocycles. The van der Waals surface area contributed by atoms with E-state index in [-0.39, 0.29) is 0 Å². The summed E-state index contributed by atoms with van der Waals surface area (Å²) in [6.45, 7) is 6.41. The van der Waals surface area contributed by atoms with Gasteiger partial charge in [-0.3, -0.25) is 0 Å². The van der Waals surface area contributed by atoms with Crippen LogP contribution in [-0.4, -0.2) is 10.6 Å². The van der Waals surface area contributed by atoms with Gasteiger partial charge in [0, 0.05) is 11.2 Å². The van der Waals surface area contributed by atoms with Crippen LogP contribution < -0.4 is 0 Å². The SMILES string of the molecule is CCCCCCC(C)CCC(Br)CCCCCCCCCC(C)=O. The summed E-state index contributed by atoms with van der Waals surface area (Å²) in [5, 5.41) is 0. The van der Waals surface area contributed by atoms with Crippen LogP contribution in [0.15, 0.2) is 0 Å². The van der Waals surface area contributed by atoms with Gasteiger partial charge < -0.3 is 4.79 Å². The number of carbonyl (C=O) groups excluding carboxylic acids is 1. The first kappa shape index (κ1) is 24.1. The first-order chi connectivity index (χ1) is 11.6. The average molecular weight is 403 g/mol. The summed E-state index contributed by atoms with van der Waals surface area (Å²) in [6, 6.07) is 0. The van der Waals surface area contributed by atoms with Crippen molar-refractivity contribution in [3.05, 3.63) is 0 Å². The van der Waals surface area contributed by atoms with Gasteiger partial charge in [-0.15, -0.1) is 0 Å². The number of rotatable bonds is 18. The van der Waals surface area contributed by atoms with Crippen molar-refractivity contribution in [2.45, 2.75) is 128 Å². The highest BCUT2D eigenvalue weighted by Gasteiger charge is 2.08. The van der Waals surface area contributed by atoms with Crippen molar-refractivity contribution < 1.29 is 4.79 Å². The molecule has 24 heavy (non-hydrogen) atoms. The quantitative estimate of drug-likeness (QED) is 0.166. The molecule has 2 heteroatoms. The minimum Gasteiger partial charge on any atom is -0.300 e. The van der Waals surface area contributed by atoms with Crippen molar-refractivity contribution in [2.75, 3.05) is 0 Å². The Morgan fingerprint density at radius 2 is 1.29 bits per heavy atom. The van der Waals surface area contributed by atoms with Gasteiger partial charge in [-0.2, -0.15) is 0 Å². The van der Waals surface area contributed by atoms with Crippen LogP contribution in [0, 0.1) is 5.92 Å². The maximum atomic E-state index is 10.9. The molecule has 0 radical (unpaired) electrons. The van der Waals surface area contributed by atoms with E-state index in [9.17, 15) is 4.79 Å². The van der Waals surface area contributed by atoms with Gasteiger partial charge in [0.15, 0.2) is 0 Å². The van der Waals surface area contributed by atoms with E-state index in [1.54, 1.807) is 6.92 Å². The summed E-state index contributed by atoms with van der Waals surface area (Å²) < 4.78 is 0. The molecule has 0 aliphatic heterocycles. The molecule has 0 aromatic carbocycles. The molecule has 0 aliphatic rings. The number of unbranched alkanes of at least 4 members (excludes halogenated alkanes) is 9. The standard InChI is InChI=1S/C22H43BrO/c1-4-5-6-12-15-20(2)18-19-22(23)17-14-11-9-7-8-10-13-16-21(3)24/h20,22H,4-19H2,1-3H3. The summed E-state index contributed by atoms with van der Waals surface area (Å²) in [5.74, 6) is 1.24. The van der Waals surface area contributed by atoms with Crippen molar-refractivity contribution >= 4 is 21.7 Å². The zero-order valence-corrected chi connectivity index (χ0v) is 18.3. The molecule has 0 N–H and O–H groups in total. The molecule has 2 atom stereocenters. The predicted molar refractivity (Wildman–Crippen MR) is 112 cm³/mol. The Balaban J connectivity index is 3.31. The molecule has 2 unspecified atom stereocenters. The smallest absolute Gasteiger partial charge is 0.129 e. The first-order valence-corrected chi connectivity index (χ1v) is 11.6. The fourth-order valence-electron chi connectivity index (χ4n) is 3.30. The monoisotopic (exact) mass is 402 g/mol. The highest BCUT2D eigenvalue weighted by Crippen LogP contribution is 2.22. The molecule has 0 bridgehead atoms. The molecule has 0 amide bonds. The molecule has 144 valence electrons. The van der Waals surface area contributed by atoms with Crippen molar-refractivity contribution in [1.29, 1.82) is 0 Å². The van der Waals surface area contributed by atoms with Crippen LogP contribution >= 0.6 is 15.9 Å². The topological polar surface area (TPSA) is 17.1 Å². The van der Waals surface area contributed by atoms with Crippen LogP contribution in [0.3, 0.4) is 0 Å². The van der Waals surface area contributed by atoms with E-state index in [0.717, 1.165) is 23.6 Å². The van der Waals surface area contributed by atoms with Crippen LogP contribution in [0.25, 0.3) is 0 Å². The van der Waals surface area contributed by atoms with E-state index in [1.807, 2.05) is 0 Å². The maximum Gasteiger partial charge on any atom is 0.129 e. The van der Waals surface area contributed by atoms with Crippen molar-refractivity contribution in [2.24, 2.45) is 5.92 Å². The van der Waals surface area contributed by atoms with Gasteiger partial charge in [-0.1, -0.05) is 100 Å². The van der Waals surface area contributed by atoms with E-state index >= 15 is 0 Å². The maximum absolute atomic E-state index is 10.9. The third-order valence-corrected chi connectivity index (χ3v) is 5.99. The lowest BCUT2D eigenvalue weighted by molar-refractivity contribution is -0.117. The summed E-state index contributed by atoms with van der Waals surface area (Å²) >= 11 is 3.88. The van der Waals surface area contributed by atoms with E-state index in [0.29, 0.717) is 5.78 Å². The molecule has 0 aliphatic carbocycles. The molecule has 0 heterocycles. The Bertz CT molecular complexity index is 277. The Labute approximate surface area is 160 Å². The van der Waals surface area contributed by atoms with E-state index in [4.69, 9.17) is 0 Å². The van der Waals surface area contributed by atoms with E-state index in [1.165, 1.54) is 89.9 Å². The highest BCUT2D eigenvalue weighted by atomic mass is 79.9. The van der Waals surface area contributed by atoms with Crippen LogP contribution in [-0.2, 0) is 4.79 Å². The second-order valence-corrected chi connectivity index (χ2v) is 9.14. The lowest BCUT2D eigenvalue weighted by atomic mass is 9.96. The highest BCUT2D eigenvalue weighted by molar-refractivity contribution is 9.09. The lowest BCUT2D eigenvalue weighted by Gasteiger charge is -2.14. The molecule has 0 spiro atoms. The predicted octanol–water partition coefficient (Wildman–Crippen LogP) is 8.24. The van der Waals surface area contributed by atoms with Crippen molar-refractivity contribution in [3.63, 3.8) is 0 Å². The Hall–Kier alpha value is 0.150. The number of alkyl halides is 1. The fraction of sp³-hybridized carbons (Fsp3) is 0.955. The van der Waals surface area contributed by atoms with Gasteiger partial charge in [0.05, 0.1) is 0 Å². The van der Waals surface area contributed by atoms with Gasteiger partial charge in [0.1, 0.15) is 5.78 Å². The van der Waals surface area contributed by atoms with Crippen LogP contribution in [0.4, 0.5) is 0 Å². The average Bonchev–Trinajstić information content (AvgIpc) is 2.55. The number of hydrogen-bond acceptors (Lipinski definition) is 1. The lowest BCUT2D eigenvalue weighted by Crippen LogP contribution is -2.03. The summed E-state index contributed by atoms with van der Waals surface area (Å²) in [6.07, 6.45) is 21.0. The summed E-state index contributed by atoms with van der Waals surface area (Å²) in [7, 11) is 0. The Morgan fingerprint density at radius 3 is 1.92 bits per heavy atom. The fourth-order valence-corrected chi connectivity index (χ4v) is 3.89. The summed E-state index contributed by atoms with van der Waals surface area (Å²) in [5.41, 5.74) is 0. The molecule has 0 aromatic rings. The summed E-state index contributed by atoms with van der Waals surface area (Å²) in [4.78, 5) is 11.6. The van der Waals surface area contributed by atoms with E-state index in [2.05, 4.69) is 29.8 Å². The van der Waals surface area contributed by atoms with Gasteiger partial charge in [-0.05, 0) is 38.5 Å². The van der Waals surface area contributed by atoms with Gasteiger partial charge in [0.2, 0.25) is 0 Å². The molecule has 0 fully saturated rings. The van der Waals surface area contributed by atoms with Gasteiger partial charge in [-0.25, -0.2) is 0 Å². The van der Waals surface area contributed by atoms with Crippen LogP contribution in [0.2, 0.25) is 0 Å². The van der Waals surface area contributed by atoms with Gasteiger partial charge in [0.25, 0.3) is 0 Å². The molecule has 0 saturated carbocycles. The minimum atomic E-state index is 0.341. The first-order valence-electron chi connectivity index (χ1n) is 10.7. The minimum absolute atomic E-state index is 0.341. The molecular weight excluding hydrogens is 360 g/mol. The number of carbonyl (C=O) groups is 1. The molecular formula is C22H43BrO. The normalized spacial score (nSPS) is 13.8. The second kappa shape index (κ2) is 18.0. The zero-order valence-electron chi connectivity index (χ0n) is 16.8. The largest absolute Gasteiger partial charge is 0.300 e. The van der Waals surface area contributed by atoms with Gasteiger partial charge >= 0.3 is 0 Å². The van der Waals surface area contributed by atoms with Crippen molar-refractivity contribution in [3.8, 4) is 0 Å². The third kappa shape index (κ3) is 18.5. The second-order valence-electron chi connectivity index (χ2n) is 7.84. The Morgan fingerprint density at radius 1 is 0.750 bits per heavy atom. The van der Waals surface area contributed by atoms with Crippen LogP contribution in [0.1, 0.15) is 124 Å². The number of halogens is 1. The number of ketones is 1. The number of hydrogen-bond donors (Lipinski definition) is 0. The zero-order chi connectivity index (χ0) is 18.0.